The van der Waals surface area contributed by atoms with E-state index in [0.29, 0.717) is 0 Å². The fraction of sp³-hybridized carbons (Fsp3) is 1.00. The van der Waals surface area contributed by atoms with Gasteiger partial charge in [-0.05, 0) is 25.9 Å². The lowest BCUT2D eigenvalue weighted by Gasteiger charge is -1.98. The molecule has 1 heterocycles. The lowest BCUT2D eigenvalue weighted by molar-refractivity contribution is 0.633. The second-order valence-electron chi connectivity index (χ2n) is 2.87. The Labute approximate surface area is 84.7 Å². The van der Waals surface area contributed by atoms with Crippen LogP contribution in [0.3, 0.4) is 0 Å². The summed E-state index contributed by atoms with van der Waals surface area (Å²) in [5.74, 6) is 0. The fourth-order valence-corrected chi connectivity index (χ4v) is 1.33. The van der Waals surface area contributed by atoms with Crippen molar-refractivity contribution in [3.05, 3.63) is 0 Å². The molecular formula is C10H26ClN. The molecule has 0 saturated carbocycles. The fourth-order valence-electron chi connectivity index (χ4n) is 1.33. The lowest BCUT2D eigenvalue weighted by atomic mass is 10.1. The van der Waals surface area contributed by atoms with Crippen molar-refractivity contribution in [1.29, 1.82) is 0 Å². The molecule has 1 fully saturated rings. The Bertz CT molecular complexity index is 38.3. The topological polar surface area (TPSA) is 12.0 Å². The van der Waals surface area contributed by atoms with E-state index < -0.39 is 0 Å². The summed E-state index contributed by atoms with van der Waals surface area (Å²) in [6, 6.07) is 0. The minimum Gasteiger partial charge on any atom is -0.317 e. The Morgan fingerprint density at radius 3 is 1.33 bits per heavy atom. The van der Waals surface area contributed by atoms with E-state index in [1.54, 1.807) is 0 Å². The molecule has 2 heteroatoms. The smallest absolute Gasteiger partial charge is 0.00489 e. The summed E-state index contributed by atoms with van der Waals surface area (Å²) in [5, 5.41) is 3.43. The maximum absolute atomic E-state index is 3.43. The van der Waals surface area contributed by atoms with Gasteiger partial charge in [-0.2, -0.15) is 0 Å². The highest BCUT2D eigenvalue weighted by Crippen LogP contribution is 2.05. The molecular weight excluding hydrogens is 170 g/mol. The zero-order chi connectivity index (χ0) is 6.36. The van der Waals surface area contributed by atoms with Crippen LogP contribution in [0.4, 0.5) is 0 Å². The van der Waals surface area contributed by atoms with Crippen LogP contribution in [0, 0.1) is 0 Å². The minimum absolute atomic E-state index is 0. The second-order valence-corrected chi connectivity index (χ2v) is 2.87. The molecule has 1 aliphatic heterocycles. The third-order valence-electron chi connectivity index (χ3n) is 1.96. The van der Waals surface area contributed by atoms with E-state index in [0.717, 1.165) is 0 Å². The molecule has 0 spiro atoms. The average molecular weight is 196 g/mol. The predicted molar refractivity (Wildman–Crippen MR) is 61.3 cm³/mol. The SMILES string of the molecule is C.C.C1CCCCNCCC1.Cl. The van der Waals surface area contributed by atoms with Crippen LogP contribution >= 0.6 is 12.4 Å². The second kappa shape index (κ2) is 13.8. The van der Waals surface area contributed by atoms with Crippen LogP contribution in [0.1, 0.15) is 53.4 Å². The molecule has 0 aliphatic carbocycles. The highest BCUT2D eigenvalue weighted by atomic mass is 35.5. The third-order valence-corrected chi connectivity index (χ3v) is 1.96. The molecule has 1 rings (SSSR count). The van der Waals surface area contributed by atoms with E-state index in [1.165, 1.54) is 51.6 Å². The minimum atomic E-state index is 0. The Balaban J connectivity index is -0.000000270. The van der Waals surface area contributed by atoms with Gasteiger partial charge in [0.2, 0.25) is 0 Å². The molecule has 1 N–H and O–H groups in total. The summed E-state index contributed by atoms with van der Waals surface area (Å²) in [6.45, 7) is 2.50. The first-order valence-corrected chi connectivity index (χ1v) is 4.21. The Kier molecular flexibility index (Phi) is 20.9. The van der Waals surface area contributed by atoms with Gasteiger partial charge in [-0.1, -0.05) is 40.5 Å². The molecule has 0 aromatic carbocycles. The first-order valence-electron chi connectivity index (χ1n) is 4.21. The Morgan fingerprint density at radius 2 is 0.917 bits per heavy atom. The summed E-state index contributed by atoms with van der Waals surface area (Å²) in [5.41, 5.74) is 0. The van der Waals surface area contributed by atoms with Gasteiger partial charge in [0, 0.05) is 0 Å². The predicted octanol–water partition coefficient (Wildman–Crippen LogP) is 3.62. The van der Waals surface area contributed by atoms with Crippen LogP contribution < -0.4 is 5.32 Å². The van der Waals surface area contributed by atoms with Gasteiger partial charge in [-0.25, -0.2) is 0 Å². The number of halogens is 1. The van der Waals surface area contributed by atoms with E-state index in [1.807, 2.05) is 0 Å². The van der Waals surface area contributed by atoms with Crippen molar-refractivity contribution in [1.82, 2.24) is 5.32 Å². The molecule has 0 radical (unpaired) electrons. The lowest BCUT2D eigenvalue weighted by Crippen LogP contribution is -2.15. The highest BCUT2D eigenvalue weighted by Gasteiger charge is 1.94. The van der Waals surface area contributed by atoms with Gasteiger partial charge in [0.25, 0.3) is 0 Å². The van der Waals surface area contributed by atoms with E-state index in [4.69, 9.17) is 0 Å². The van der Waals surface area contributed by atoms with Gasteiger partial charge < -0.3 is 5.32 Å². The van der Waals surface area contributed by atoms with Crippen molar-refractivity contribution in [3.8, 4) is 0 Å². The largest absolute Gasteiger partial charge is 0.317 e. The molecule has 12 heavy (non-hydrogen) atoms. The van der Waals surface area contributed by atoms with Crippen molar-refractivity contribution in [2.75, 3.05) is 13.1 Å². The van der Waals surface area contributed by atoms with E-state index in [-0.39, 0.29) is 27.3 Å². The first kappa shape index (κ1) is 18.1. The Hall–Kier alpha value is 0.250. The van der Waals surface area contributed by atoms with Crippen LogP contribution in [0.5, 0.6) is 0 Å². The van der Waals surface area contributed by atoms with Gasteiger partial charge in [-0.3, -0.25) is 0 Å². The van der Waals surface area contributed by atoms with Gasteiger partial charge in [0.05, 0.1) is 0 Å². The van der Waals surface area contributed by atoms with Crippen molar-refractivity contribution in [2.24, 2.45) is 0 Å². The van der Waals surface area contributed by atoms with E-state index in [9.17, 15) is 0 Å². The standard InChI is InChI=1S/C8H17N.2CH4.ClH/c1-2-4-6-8-9-7-5-3-1;;;/h9H,1-8H2;2*1H4;1H. The van der Waals surface area contributed by atoms with Gasteiger partial charge in [-0.15, -0.1) is 12.4 Å². The van der Waals surface area contributed by atoms with Gasteiger partial charge in [0.1, 0.15) is 0 Å². The average Bonchev–Trinajstić information content (AvgIpc) is 2.00. The normalized spacial score (nSPS) is 18.0. The summed E-state index contributed by atoms with van der Waals surface area (Å²) in [7, 11) is 0. The van der Waals surface area contributed by atoms with Crippen LogP contribution in [0.15, 0.2) is 0 Å². The zero-order valence-electron chi connectivity index (χ0n) is 6.57. The van der Waals surface area contributed by atoms with Crippen molar-refractivity contribution >= 4 is 12.4 Å². The summed E-state index contributed by atoms with van der Waals surface area (Å²) >= 11 is 0. The molecule has 78 valence electrons. The van der Waals surface area contributed by atoms with E-state index in [2.05, 4.69) is 5.32 Å². The summed E-state index contributed by atoms with van der Waals surface area (Å²) in [4.78, 5) is 0. The molecule has 1 saturated heterocycles. The number of nitrogens with one attached hydrogen (secondary N) is 1. The van der Waals surface area contributed by atoms with Crippen LogP contribution in [0.25, 0.3) is 0 Å². The molecule has 0 aromatic heterocycles. The quantitative estimate of drug-likeness (QED) is 0.623. The highest BCUT2D eigenvalue weighted by molar-refractivity contribution is 5.85. The molecule has 1 nitrogen and oxygen atoms in total. The number of hydrogen-bond acceptors (Lipinski definition) is 1. The number of rotatable bonds is 0. The maximum atomic E-state index is 3.43. The van der Waals surface area contributed by atoms with Crippen LogP contribution in [0.2, 0.25) is 0 Å². The van der Waals surface area contributed by atoms with Crippen molar-refractivity contribution in [2.45, 2.75) is 53.4 Å². The van der Waals surface area contributed by atoms with Crippen LogP contribution in [-0.4, -0.2) is 13.1 Å². The summed E-state index contributed by atoms with van der Waals surface area (Å²) in [6.07, 6.45) is 8.57. The zero-order valence-corrected chi connectivity index (χ0v) is 7.38. The van der Waals surface area contributed by atoms with Gasteiger partial charge in [0.15, 0.2) is 0 Å². The molecule has 0 atom stereocenters. The number of hydrogen-bond donors (Lipinski definition) is 1. The molecule has 0 aromatic rings. The molecule has 1 aliphatic rings. The molecule has 0 amide bonds. The monoisotopic (exact) mass is 195 g/mol. The maximum Gasteiger partial charge on any atom is -0.00489 e. The Morgan fingerprint density at radius 1 is 0.583 bits per heavy atom. The molecule has 0 unspecified atom stereocenters. The van der Waals surface area contributed by atoms with Crippen LogP contribution in [-0.2, 0) is 0 Å². The van der Waals surface area contributed by atoms with Crippen molar-refractivity contribution in [3.63, 3.8) is 0 Å². The van der Waals surface area contributed by atoms with Gasteiger partial charge >= 0.3 is 0 Å². The van der Waals surface area contributed by atoms with Crippen molar-refractivity contribution < 1.29 is 0 Å². The third kappa shape index (κ3) is 10.2. The first-order chi connectivity index (χ1) is 4.50. The summed E-state index contributed by atoms with van der Waals surface area (Å²) < 4.78 is 0. The molecule has 0 bridgehead atoms. The van der Waals surface area contributed by atoms with E-state index >= 15 is 0 Å².